The number of carbonyl (C=O) groups is 2. The molecule has 0 radical (unpaired) electrons. The predicted molar refractivity (Wildman–Crippen MR) is 100 cm³/mol. The van der Waals surface area contributed by atoms with Crippen molar-refractivity contribution in [3.63, 3.8) is 0 Å². The summed E-state index contributed by atoms with van der Waals surface area (Å²) in [5, 5.41) is 6.12. The van der Waals surface area contributed by atoms with Crippen LogP contribution in [-0.2, 0) is 4.79 Å². The first-order valence-corrected chi connectivity index (χ1v) is 8.60. The number of hydrogen-bond acceptors (Lipinski definition) is 3. The highest BCUT2D eigenvalue weighted by molar-refractivity contribution is 6.36. The molecule has 25 heavy (non-hydrogen) atoms. The van der Waals surface area contributed by atoms with Crippen LogP contribution in [-0.4, -0.2) is 22.8 Å². The first-order chi connectivity index (χ1) is 11.9. The number of carbonyl (C=O) groups excluding carboxylic acids is 2. The molecular weight excluding hydrogens is 361 g/mol. The molecule has 7 heteroatoms. The summed E-state index contributed by atoms with van der Waals surface area (Å²) >= 11 is 11.9. The standard InChI is InChI=1S/C18H19Cl2N3O2/c1-11(2)9-15(18(25)23-16-5-3-4-8-21-16)22-17(24)13-7-6-12(19)10-14(13)20/h3-8,10-11,15H,9H2,1-2H3,(H,22,24)(H,21,23,25). The van der Waals surface area contributed by atoms with Gasteiger partial charge in [-0.3, -0.25) is 9.59 Å². The Labute approximate surface area is 156 Å². The lowest BCUT2D eigenvalue weighted by Crippen LogP contribution is -2.44. The number of aromatic nitrogens is 1. The van der Waals surface area contributed by atoms with Crippen LogP contribution in [0.3, 0.4) is 0 Å². The highest BCUT2D eigenvalue weighted by atomic mass is 35.5. The van der Waals surface area contributed by atoms with Gasteiger partial charge in [0, 0.05) is 11.2 Å². The molecule has 2 aromatic rings. The monoisotopic (exact) mass is 379 g/mol. The van der Waals surface area contributed by atoms with Crippen molar-refractivity contribution in [2.24, 2.45) is 5.92 Å². The molecule has 2 rings (SSSR count). The Morgan fingerprint density at radius 1 is 1.16 bits per heavy atom. The Morgan fingerprint density at radius 3 is 2.52 bits per heavy atom. The molecule has 2 N–H and O–H groups in total. The summed E-state index contributed by atoms with van der Waals surface area (Å²) in [6.45, 7) is 3.95. The predicted octanol–water partition coefficient (Wildman–Crippen LogP) is 4.17. The second-order valence-electron chi connectivity index (χ2n) is 5.98. The van der Waals surface area contributed by atoms with Crippen molar-refractivity contribution in [1.29, 1.82) is 0 Å². The summed E-state index contributed by atoms with van der Waals surface area (Å²) in [5.41, 5.74) is 0.269. The maximum Gasteiger partial charge on any atom is 0.253 e. The molecule has 1 heterocycles. The van der Waals surface area contributed by atoms with E-state index in [1.54, 1.807) is 30.5 Å². The van der Waals surface area contributed by atoms with E-state index in [1.165, 1.54) is 12.1 Å². The molecule has 2 amide bonds. The Balaban J connectivity index is 2.13. The minimum atomic E-state index is -0.707. The van der Waals surface area contributed by atoms with Crippen molar-refractivity contribution >= 4 is 40.8 Å². The van der Waals surface area contributed by atoms with Crippen LogP contribution in [0, 0.1) is 5.92 Å². The van der Waals surface area contributed by atoms with Crippen molar-refractivity contribution in [1.82, 2.24) is 10.3 Å². The summed E-state index contributed by atoms with van der Waals surface area (Å²) < 4.78 is 0. The summed E-state index contributed by atoms with van der Waals surface area (Å²) in [7, 11) is 0. The van der Waals surface area contributed by atoms with Crippen LogP contribution < -0.4 is 10.6 Å². The molecule has 1 unspecified atom stereocenters. The Bertz CT molecular complexity index is 751. The molecule has 0 aliphatic carbocycles. The summed E-state index contributed by atoms with van der Waals surface area (Å²) in [4.78, 5) is 29.1. The van der Waals surface area contributed by atoms with Gasteiger partial charge in [0.1, 0.15) is 11.9 Å². The third-order valence-electron chi connectivity index (χ3n) is 3.42. The van der Waals surface area contributed by atoms with E-state index >= 15 is 0 Å². The van der Waals surface area contributed by atoms with Crippen molar-refractivity contribution in [2.75, 3.05) is 5.32 Å². The fraction of sp³-hybridized carbons (Fsp3) is 0.278. The summed E-state index contributed by atoms with van der Waals surface area (Å²) in [6.07, 6.45) is 2.06. The molecule has 1 aromatic carbocycles. The van der Waals surface area contributed by atoms with E-state index in [9.17, 15) is 9.59 Å². The van der Waals surface area contributed by atoms with Crippen molar-refractivity contribution in [3.8, 4) is 0 Å². The number of halogens is 2. The van der Waals surface area contributed by atoms with E-state index in [4.69, 9.17) is 23.2 Å². The lowest BCUT2D eigenvalue weighted by Gasteiger charge is -2.20. The van der Waals surface area contributed by atoms with Gasteiger partial charge in [-0.25, -0.2) is 4.98 Å². The molecule has 132 valence electrons. The number of nitrogens with one attached hydrogen (secondary N) is 2. The molecule has 1 atom stereocenters. The highest BCUT2D eigenvalue weighted by Gasteiger charge is 2.24. The highest BCUT2D eigenvalue weighted by Crippen LogP contribution is 2.21. The number of anilines is 1. The van der Waals surface area contributed by atoms with E-state index in [0.717, 1.165) is 0 Å². The zero-order chi connectivity index (χ0) is 18.4. The molecule has 0 spiro atoms. The number of hydrogen-bond donors (Lipinski definition) is 2. The Hall–Kier alpha value is -2.11. The van der Waals surface area contributed by atoms with Gasteiger partial charge in [-0.2, -0.15) is 0 Å². The maximum atomic E-state index is 12.5. The smallest absolute Gasteiger partial charge is 0.253 e. The average molecular weight is 380 g/mol. The van der Waals surface area contributed by atoms with E-state index < -0.39 is 11.9 Å². The third-order valence-corrected chi connectivity index (χ3v) is 3.97. The molecule has 1 aromatic heterocycles. The molecule has 0 bridgehead atoms. The second-order valence-corrected chi connectivity index (χ2v) is 6.83. The molecule has 0 saturated carbocycles. The maximum absolute atomic E-state index is 12.5. The van der Waals surface area contributed by atoms with Crippen LogP contribution >= 0.6 is 23.2 Å². The lowest BCUT2D eigenvalue weighted by molar-refractivity contribution is -0.118. The van der Waals surface area contributed by atoms with Gasteiger partial charge < -0.3 is 10.6 Å². The van der Waals surface area contributed by atoms with Crippen LogP contribution in [0.5, 0.6) is 0 Å². The number of nitrogens with zero attached hydrogens (tertiary/aromatic N) is 1. The number of pyridine rings is 1. The van der Waals surface area contributed by atoms with Gasteiger partial charge >= 0.3 is 0 Å². The zero-order valence-electron chi connectivity index (χ0n) is 13.9. The van der Waals surface area contributed by atoms with Gasteiger partial charge in [0.2, 0.25) is 5.91 Å². The van der Waals surface area contributed by atoms with Gasteiger partial charge in [0.15, 0.2) is 0 Å². The normalized spacial score (nSPS) is 11.9. The molecule has 0 saturated heterocycles. The molecule has 0 aliphatic heterocycles. The Kier molecular flexibility index (Phi) is 6.79. The van der Waals surface area contributed by atoms with E-state index in [-0.39, 0.29) is 22.4 Å². The van der Waals surface area contributed by atoms with E-state index in [1.807, 2.05) is 13.8 Å². The second kappa shape index (κ2) is 8.83. The van der Waals surface area contributed by atoms with Gasteiger partial charge in [0.05, 0.1) is 10.6 Å². The fourth-order valence-corrected chi connectivity index (χ4v) is 2.76. The topological polar surface area (TPSA) is 71.1 Å². The third kappa shape index (κ3) is 5.73. The van der Waals surface area contributed by atoms with Gasteiger partial charge in [-0.15, -0.1) is 0 Å². The van der Waals surface area contributed by atoms with Crippen LogP contribution in [0.15, 0.2) is 42.6 Å². The first-order valence-electron chi connectivity index (χ1n) is 7.84. The van der Waals surface area contributed by atoms with Crippen LogP contribution in [0.1, 0.15) is 30.6 Å². The van der Waals surface area contributed by atoms with Gasteiger partial charge in [0.25, 0.3) is 5.91 Å². The van der Waals surface area contributed by atoms with Gasteiger partial charge in [-0.05, 0) is 42.7 Å². The fourth-order valence-electron chi connectivity index (χ4n) is 2.26. The summed E-state index contributed by atoms with van der Waals surface area (Å²) in [5.74, 6) is -0.116. The lowest BCUT2D eigenvalue weighted by atomic mass is 10.0. The zero-order valence-corrected chi connectivity index (χ0v) is 15.4. The average Bonchev–Trinajstić information content (AvgIpc) is 2.54. The van der Waals surface area contributed by atoms with Crippen molar-refractivity contribution < 1.29 is 9.59 Å². The number of benzene rings is 1. The molecular formula is C18H19Cl2N3O2. The first kappa shape index (κ1) is 19.2. The van der Waals surface area contributed by atoms with Gasteiger partial charge in [-0.1, -0.05) is 43.1 Å². The molecule has 0 fully saturated rings. The van der Waals surface area contributed by atoms with Crippen molar-refractivity contribution in [3.05, 3.63) is 58.2 Å². The van der Waals surface area contributed by atoms with Crippen molar-refractivity contribution in [2.45, 2.75) is 26.3 Å². The SMILES string of the molecule is CC(C)CC(NC(=O)c1ccc(Cl)cc1Cl)C(=O)Nc1ccccn1. The Morgan fingerprint density at radius 2 is 1.92 bits per heavy atom. The minimum Gasteiger partial charge on any atom is -0.340 e. The molecule has 5 nitrogen and oxygen atoms in total. The van der Waals surface area contributed by atoms with Crippen LogP contribution in [0.4, 0.5) is 5.82 Å². The number of rotatable bonds is 6. The van der Waals surface area contributed by atoms with Crippen LogP contribution in [0.2, 0.25) is 10.0 Å². The minimum absolute atomic E-state index is 0.209. The number of amides is 2. The van der Waals surface area contributed by atoms with E-state index in [2.05, 4.69) is 15.6 Å². The van der Waals surface area contributed by atoms with E-state index in [0.29, 0.717) is 17.3 Å². The quantitative estimate of drug-likeness (QED) is 0.790. The molecule has 0 aliphatic rings. The summed E-state index contributed by atoms with van der Waals surface area (Å²) in [6, 6.07) is 9.10. The largest absolute Gasteiger partial charge is 0.340 e. The van der Waals surface area contributed by atoms with Crippen LogP contribution in [0.25, 0.3) is 0 Å².